The molecule has 4 nitrogen and oxygen atoms in total. The fourth-order valence-corrected chi connectivity index (χ4v) is 1.24. The molecule has 0 aliphatic rings. The molecule has 0 saturated carbocycles. The lowest BCUT2D eigenvalue weighted by Gasteiger charge is -2.00. The predicted molar refractivity (Wildman–Crippen MR) is 55.5 cm³/mol. The van der Waals surface area contributed by atoms with Crippen LogP contribution in [0.5, 0.6) is 0 Å². The minimum atomic E-state index is -0.732. The second-order valence-corrected chi connectivity index (χ2v) is 3.26. The van der Waals surface area contributed by atoms with Crippen LogP contribution in [0.15, 0.2) is 12.7 Å². The van der Waals surface area contributed by atoms with Crippen molar-refractivity contribution in [1.82, 2.24) is 0 Å². The van der Waals surface area contributed by atoms with Gasteiger partial charge in [0.15, 0.2) is 0 Å². The average Bonchev–Trinajstić information content (AvgIpc) is 2.15. The molecular formula is C10H19NO3. The lowest BCUT2D eigenvalue weighted by atomic mass is 10.1. The Hall–Kier alpha value is -1.06. The summed E-state index contributed by atoms with van der Waals surface area (Å²) >= 11 is 0. The van der Waals surface area contributed by atoms with E-state index in [1.54, 1.807) is 0 Å². The smallest absolute Gasteiger partial charge is 0.294 e. The molecule has 0 aliphatic carbocycles. The minimum absolute atomic E-state index is 0.236. The van der Waals surface area contributed by atoms with E-state index in [4.69, 9.17) is 0 Å². The summed E-state index contributed by atoms with van der Waals surface area (Å²) < 4.78 is 0. The van der Waals surface area contributed by atoms with Gasteiger partial charge in [-0.1, -0.05) is 31.8 Å². The quantitative estimate of drug-likeness (QED) is 0.236. The zero-order valence-corrected chi connectivity index (χ0v) is 8.61. The van der Waals surface area contributed by atoms with Gasteiger partial charge >= 0.3 is 0 Å². The minimum Gasteiger partial charge on any atom is -0.314 e. The predicted octanol–water partition coefficient (Wildman–Crippen LogP) is 3.11. The number of allylic oxidation sites excluding steroid dienone is 1. The van der Waals surface area contributed by atoms with Crippen LogP contribution in [0.4, 0.5) is 0 Å². The van der Waals surface area contributed by atoms with E-state index in [2.05, 4.69) is 11.4 Å². The second-order valence-electron chi connectivity index (χ2n) is 3.26. The van der Waals surface area contributed by atoms with Crippen LogP contribution in [0.3, 0.4) is 0 Å². The molecule has 0 bridgehead atoms. The van der Waals surface area contributed by atoms with E-state index in [0.29, 0.717) is 0 Å². The van der Waals surface area contributed by atoms with Crippen LogP contribution in [0.2, 0.25) is 0 Å². The topological polar surface area (TPSA) is 52.4 Å². The molecule has 0 aromatic carbocycles. The normalized spacial score (nSPS) is 9.71. The van der Waals surface area contributed by atoms with Crippen LogP contribution in [-0.2, 0) is 4.84 Å². The summed E-state index contributed by atoms with van der Waals surface area (Å²) in [5.41, 5.74) is 0. The highest BCUT2D eigenvalue weighted by Gasteiger charge is 1.94. The third kappa shape index (κ3) is 10.9. The van der Waals surface area contributed by atoms with Gasteiger partial charge in [-0.2, -0.15) is 0 Å². The van der Waals surface area contributed by atoms with Crippen molar-refractivity contribution in [2.75, 3.05) is 6.61 Å². The summed E-state index contributed by atoms with van der Waals surface area (Å²) in [6, 6.07) is 0. The zero-order chi connectivity index (χ0) is 10.6. The Morgan fingerprint density at radius 3 is 2.29 bits per heavy atom. The highest BCUT2D eigenvalue weighted by atomic mass is 16.9. The second kappa shape index (κ2) is 10.0. The Labute approximate surface area is 85.1 Å². The Morgan fingerprint density at radius 1 is 1.14 bits per heavy atom. The molecule has 14 heavy (non-hydrogen) atoms. The molecule has 0 spiro atoms. The largest absolute Gasteiger partial charge is 0.314 e. The summed E-state index contributed by atoms with van der Waals surface area (Å²) in [6.45, 7) is 3.89. The first-order chi connectivity index (χ1) is 6.77. The van der Waals surface area contributed by atoms with E-state index in [9.17, 15) is 10.1 Å². The summed E-state index contributed by atoms with van der Waals surface area (Å²) in [5, 5.41) is 9.05. The fourth-order valence-electron chi connectivity index (χ4n) is 1.24. The maximum absolute atomic E-state index is 9.78. The molecule has 4 heteroatoms. The van der Waals surface area contributed by atoms with Gasteiger partial charge in [0.2, 0.25) is 0 Å². The van der Waals surface area contributed by atoms with Crippen LogP contribution >= 0.6 is 0 Å². The maximum atomic E-state index is 9.78. The van der Waals surface area contributed by atoms with E-state index in [1.807, 2.05) is 6.08 Å². The first-order valence-corrected chi connectivity index (χ1v) is 5.15. The molecule has 0 aliphatic heterocycles. The van der Waals surface area contributed by atoms with Crippen LogP contribution < -0.4 is 0 Å². The van der Waals surface area contributed by atoms with Gasteiger partial charge in [0.1, 0.15) is 0 Å². The van der Waals surface area contributed by atoms with Crippen molar-refractivity contribution in [3.8, 4) is 0 Å². The molecule has 0 rings (SSSR count). The lowest BCUT2D eigenvalue weighted by molar-refractivity contribution is -0.757. The maximum Gasteiger partial charge on any atom is 0.294 e. The number of hydrogen-bond acceptors (Lipinski definition) is 3. The Morgan fingerprint density at radius 2 is 1.71 bits per heavy atom. The first kappa shape index (κ1) is 12.9. The third-order valence-corrected chi connectivity index (χ3v) is 2.00. The number of rotatable bonds is 10. The van der Waals surface area contributed by atoms with Crippen molar-refractivity contribution >= 4 is 0 Å². The summed E-state index contributed by atoms with van der Waals surface area (Å²) in [4.78, 5) is 14.0. The van der Waals surface area contributed by atoms with Crippen molar-refractivity contribution < 1.29 is 9.92 Å². The van der Waals surface area contributed by atoms with Crippen LogP contribution in [0.25, 0.3) is 0 Å². The van der Waals surface area contributed by atoms with Gasteiger partial charge in [0, 0.05) is 0 Å². The molecule has 0 aromatic heterocycles. The molecule has 0 unspecified atom stereocenters. The Bertz CT molecular complexity index is 159. The molecule has 0 fully saturated rings. The molecule has 0 radical (unpaired) electrons. The summed E-state index contributed by atoms with van der Waals surface area (Å²) in [6.07, 6.45) is 9.58. The van der Waals surface area contributed by atoms with E-state index in [0.717, 1.165) is 25.7 Å². The molecule has 0 atom stereocenters. The van der Waals surface area contributed by atoms with Gasteiger partial charge in [0.25, 0.3) is 5.09 Å². The Balaban J connectivity index is 2.92. The number of hydrogen-bond donors (Lipinski definition) is 0. The Kier molecular flexibility index (Phi) is 9.26. The van der Waals surface area contributed by atoms with E-state index < -0.39 is 5.09 Å². The lowest BCUT2D eigenvalue weighted by Crippen LogP contribution is -2.01. The van der Waals surface area contributed by atoms with E-state index in [-0.39, 0.29) is 6.61 Å². The molecule has 0 aromatic rings. The van der Waals surface area contributed by atoms with Crippen LogP contribution in [0.1, 0.15) is 44.9 Å². The van der Waals surface area contributed by atoms with Crippen molar-refractivity contribution in [2.45, 2.75) is 44.9 Å². The van der Waals surface area contributed by atoms with E-state index in [1.165, 1.54) is 19.3 Å². The highest BCUT2D eigenvalue weighted by molar-refractivity contribution is 4.65. The highest BCUT2D eigenvalue weighted by Crippen LogP contribution is 2.07. The molecule has 0 heterocycles. The van der Waals surface area contributed by atoms with Gasteiger partial charge in [-0.25, -0.2) is 0 Å². The van der Waals surface area contributed by atoms with Crippen LogP contribution in [-0.4, -0.2) is 11.7 Å². The zero-order valence-electron chi connectivity index (χ0n) is 8.61. The number of nitrogens with zero attached hydrogens (tertiary/aromatic N) is 1. The fraction of sp³-hybridized carbons (Fsp3) is 0.800. The van der Waals surface area contributed by atoms with Gasteiger partial charge in [-0.15, -0.1) is 16.7 Å². The first-order valence-electron chi connectivity index (χ1n) is 5.15. The standard InChI is InChI=1S/C10H19NO3/c1-2-3-4-5-6-7-8-9-10-14-11(12)13/h2H,1,3-10H2. The molecular weight excluding hydrogens is 182 g/mol. The molecule has 82 valence electrons. The van der Waals surface area contributed by atoms with Crippen LogP contribution in [0, 0.1) is 10.1 Å². The van der Waals surface area contributed by atoms with Crippen molar-refractivity contribution in [3.63, 3.8) is 0 Å². The average molecular weight is 201 g/mol. The van der Waals surface area contributed by atoms with Gasteiger partial charge in [0.05, 0.1) is 6.61 Å². The summed E-state index contributed by atoms with van der Waals surface area (Å²) in [7, 11) is 0. The summed E-state index contributed by atoms with van der Waals surface area (Å²) in [5.74, 6) is 0. The van der Waals surface area contributed by atoms with Crippen molar-refractivity contribution in [3.05, 3.63) is 22.8 Å². The molecule has 0 saturated heterocycles. The van der Waals surface area contributed by atoms with Crippen molar-refractivity contribution in [2.24, 2.45) is 0 Å². The molecule has 0 amide bonds. The van der Waals surface area contributed by atoms with Gasteiger partial charge in [-0.05, 0) is 19.3 Å². The third-order valence-electron chi connectivity index (χ3n) is 2.00. The van der Waals surface area contributed by atoms with Gasteiger partial charge in [-0.3, -0.25) is 0 Å². The molecule has 0 N–H and O–H groups in total. The van der Waals surface area contributed by atoms with Gasteiger partial charge < -0.3 is 4.84 Å². The SMILES string of the molecule is C=CCCCCCCCCO[N+](=O)[O-]. The monoisotopic (exact) mass is 201 g/mol. The van der Waals surface area contributed by atoms with Crippen molar-refractivity contribution in [1.29, 1.82) is 0 Å². The van der Waals surface area contributed by atoms with E-state index >= 15 is 0 Å². The number of unbranched alkanes of at least 4 members (excludes halogenated alkanes) is 6.